The van der Waals surface area contributed by atoms with Crippen molar-refractivity contribution in [3.8, 4) is 0 Å². The smallest absolute Gasteiger partial charge is 0.320 e. The molecule has 1 fully saturated rings. The molecule has 0 aliphatic carbocycles. The number of hydrogen-bond donors (Lipinski definition) is 3. The van der Waals surface area contributed by atoms with E-state index >= 15 is 0 Å². The average molecular weight is 220 g/mol. The van der Waals surface area contributed by atoms with Crippen LogP contribution in [0.1, 0.15) is 12.8 Å². The van der Waals surface area contributed by atoms with E-state index in [4.69, 9.17) is 0 Å². The molecule has 0 radical (unpaired) electrons. The molecule has 2 heterocycles. The predicted molar refractivity (Wildman–Crippen MR) is 62.3 cm³/mol. The Labute approximate surface area is 94.6 Å². The summed E-state index contributed by atoms with van der Waals surface area (Å²) in [6.45, 7) is 1.88. The third-order valence-corrected chi connectivity index (χ3v) is 2.54. The van der Waals surface area contributed by atoms with Crippen molar-refractivity contribution >= 4 is 11.8 Å². The third kappa shape index (κ3) is 3.20. The van der Waals surface area contributed by atoms with Crippen LogP contribution in [0.25, 0.3) is 0 Å². The lowest BCUT2D eigenvalue weighted by Crippen LogP contribution is -2.47. The summed E-state index contributed by atoms with van der Waals surface area (Å²) in [5, 5.41) is 8.86. The van der Waals surface area contributed by atoms with Crippen LogP contribution in [-0.2, 0) is 0 Å². The zero-order valence-corrected chi connectivity index (χ0v) is 9.07. The lowest BCUT2D eigenvalue weighted by Gasteiger charge is -2.23. The van der Waals surface area contributed by atoms with Gasteiger partial charge in [0.15, 0.2) is 0 Å². The molecule has 16 heavy (non-hydrogen) atoms. The van der Waals surface area contributed by atoms with Crippen LogP contribution in [0.2, 0.25) is 0 Å². The van der Waals surface area contributed by atoms with Gasteiger partial charge in [-0.3, -0.25) is 5.32 Å². The molecule has 1 aliphatic heterocycles. The minimum atomic E-state index is -0.188. The molecule has 5 heteroatoms. The van der Waals surface area contributed by atoms with Crippen LogP contribution in [-0.4, -0.2) is 30.1 Å². The van der Waals surface area contributed by atoms with Crippen molar-refractivity contribution in [2.45, 2.75) is 18.9 Å². The highest BCUT2D eigenvalue weighted by Crippen LogP contribution is 2.03. The summed E-state index contributed by atoms with van der Waals surface area (Å²) in [6.07, 6.45) is 3.79. The lowest BCUT2D eigenvalue weighted by molar-refractivity contribution is 0.245. The van der Waals surface area contributed by atoms with Gasteiger partial charge in [-0.1, -0.05) is 6.07 Å². The van der Waals surface area contributed by atoms with Crippen molar-refractivity contribution in [3.05, 3.63) is 24.4 Å². The first-order valence-electron chi connectivity index (χ1n) is 5.54. The van der Waals surface area contributed by atoms with Gasteiger partial charge in [-0.25, -0.2) is 9.78 Å². The van der Waals surface area contributed by atoms with Gasteiger partial charge in [-0.05, 0) is 31.5 Å². The van der Waals surface area contributed by atoms with Crippen molar-refractivity contribution in [3.63, 3.8) is 0 Å². The molecule has 0 bridgehead atoms. The minimum absolute atomic E-state index is 0.188. The number of anilines is 1. The maximum Gasteiger partial charge on any atom is 0.320 e. The molecular weight excluding hydrogens is 204 g/mol. The maximum atomic E-state index is 11.6. The molecule has 1 aromatic rings. The van der Waals surface area contributed by atoms with Gasteiger partial charge in [-0.2, -0.15) is 0 Å². The first-order valence-corrected chi connectivity index (χ1v) is 5.54. The van der Waals surface area contributed by atoms with Crippen molar-refractivity contribution in [1.82, 2.24) is 15.6 Å². The van der Waals surface area contributed by atoms with Crippen LogP contribution in [0, 0.1) is 0 Å². The number of rotatable bonds is 2. The number of nitrogens with zero attached hydrogens (tertiary/aromatic N) is 1. The third-order valence-electron chi connectivity index (χ3n) is 2.54. The molecule has 2 rings (SSSR count). The highest BCUT2D eigenvalue weighted by atomic mass is 16.2. The Morgan fingerprint density at radius 3 is 3.12 bits per heavy atom. The fraction of sp³-hybridized carbons (Fsp3) is 0.455. The SMILES string of the molecule is O=C(Nc1ccccn1)NC1CCCNC1. The van der Waals surface area contributed by atoms with Gasteiger partial charge >= 0.3 is 6.03 Å². The molecule has 86 valence electrons. The number of carbonyl (C=O) groups is 1. The largest absolute Gasteiger partial charge is 0.334 e. The molecular formula is C11H16N4O. The lowest BCUT2D eigenvalue weighted by atomic mass is 10.1. The number of pyridine rings is 1. The topological polar surface area (TPSA) is 66.0 Å². The van der Waals surface area contributed by atoms with Crippen LogP contribution in [0.15, 0.2) is 24.4 Å². The molecule has 2 amide bonds. The standard InChI is InChI=1S/C11H16N4O/c16-11(14-9-4-3-6-12-8-9)15-10-5-1-2-7-13-10/h1-2,5,7,9,12H,3-4,6,8H2,(H2,13,14,15,16). The van der Waals surface area contributed by atoms with Crippen LogP contribution in [0.5, 0.6) is 0 Å². The zero-order valence-electron chi connectivity index (χ0n) is 9.07. The highest BCUT2D eigenvalue weighted by Gasteiger charge is 2.14. The number of urea groups is 1. The Balaban J connectivity index is 1.80. The van der Waals surface area contributed by atoms with E-state index < -0.39 is 0 Å². The molecule has 5 nitrogen and oxygen atoms in total. The second-order valence-corrected chi connectivity index (χ2v) is 3.86. The second kappa shape index (κ2) is 5.46. The van der Waals surface area contributed by atoms with E-state index in [1.807, 2.05) is 12.1 Å². The quantitative estimate of drug-likeness (QED) is 0.695. The normalized spacial score (nSPS) is 20.1. The molecule has 1 aromatic heterocycles. The molecule has 0 aromatic carbocycles. The number of hydrogen-bond acceptors (Lipinski definition) is 3. The van der Waals surface area contributed by atoms with Crippen molar-refractivity contribution in [2.24, 2.45) is 0 Å². The Hall–Kier alpha value is -1.62. The van der Waals surface area contributed by atoms with Crippen molar-refractivity contribution in [1.29, 1.82) is 0 Å². The number of nitrogens with one attached hydrogen (secondary N) is 3. The molecule has 1 saturated heterocycles. The summed E-state index contributed by atoms with van der Waals surface area (Å²) in [5.41, 5.74) is 0. The van der Waals surface area contributed by atoms with Crippen LogP contribution in [0.4, 0.5) is 10.6 Å². The van der Waals surface area contributed by atoms with Crippen LogP contribution < -0.4 is 16.0 Å². The highest BCUT2D eigenvalue weighted by molar-refractivity contribution is 5.88. The molecule has 0 saturated carbocycles. The van der Waals surface area contributed by atoms with Crippen molar-refractivity contribution < 1.29 is 4.79 Å². The Morgan fingerprint density at radius 1 is 1.50 bits per heavy atom. The first kappa shape index (κ1) is 10.9. The van der Waals surface area contributed by atoms with Crippen molar-refractivity contribution in [2.75, 3.05) is 18.4 Å². The Kier molecular flexibility index (Phi) is 3.71. The second-order valence-electron chi connectivity index (χ2n) is 3.86. The van der Waals surface area contributed by atoms with Gasteiger partial charge in [0.05, 0.1) is 0 Å². The van der Waals surface area contributed by atoms with E-state index in [9.17, 15) is 4.79 Å². The summed E-state index contributed by atoms with van der Waals surface area (Å²) in [4.78, 5) is 15.6. The van der Waals surface area contributed by atoms with Gasteiger partial charge in [0, 0.05) is 18.8 Å². The average Bonchev–Trinajstić information content (AvgIpc) is 2.31. The first-order chi connectivity index (χ1) is 7.84. The fourth-order valence-corrected chi connectivity index (χ4v) is 1.75. The summed E-state index contributed by atoms with van der Waals surface area (Å²) in [7, 11) is 0. The van der Waals surface area contributed by atoms with Gasteiger partial charge in [0.25, 0.3) is 0 Å². The molecule has 0 spiro atoms. The van der Waals surface area contributed by atoms with Crippen LogP contribution in [0.3, 0.4) is 0 Å². The molecule has 1 unspecified atom stereocenters. The van der Waals surface area contributed by atoms with E-state index in [0.29, 0.717) is 5.82 Å². The zero-order chi connectivity index (χ0) is 11.2. The molecule has 1 aliphatic rings. The van der Waals surface area contributed by atoms with Crippen LogP contribution >= 0.6 is 0 Å². The number of aromatic nitrogens is 1. The summed E-state index contributed by atoms with van der Waals surface area (Å²) >= 11 is 0. The van der Waals surface area contributed by atoms with E-state index in [1.165, 1.54) is 0 Å². The summed E-state index contributed by atoms with van der Waals surface area (Å²) < 4.78 is 0. The fourth-order valence-electron chi connectivity index (χ4n) is 1.75. The number of amides is 2. The molecule has 3 N–H and O–H groups in total. The van der Waals surface area contributed by atoms with Gasteiger partial charge in [0.2, 0.25) is 0 Å². The predicted octanol–water partition coefficient (Wildman–Crippen LogP) is 0.955. The monoisotopic (exact) mass is 220 g/mol. The van der Waals surface area contributed by atoms with E-state index in [-0.39, 0.29) is 12.1 Å². The minimum Gasteiger partial charge on any atom is -0.334 e. The van der Waals surface area contributed by atoms with Gasteiger partial charge in [0.1, 0.15) is 5.82 Å². The van der Waals surface area contributed by atoms with E-state index in [0.717, 1.165) is 25.9 Å². The van der Waals surface area contributed by atoms with Gasteiger partial charge < -0.3 is 10.6 Å². The number of piperidine rings is 1. The maximum absolute atomic E-state index is 11.6. The Morgan fingerprint density at radius 2 is 2.44 bits per heavy atom. The van der Waals surface area contributed by atoms with E-state index in [2.05, 4.69) is 20.9 Å². The molecule has 1 atom stereocenters. The number of carbonyl (C=O) groups excluding carboxylic acids is 1. The summed E-state index contributed by atoms with van der Waals surface area (Å²) in [6, 6.07) is 5.45. The Bertz CT molecular complexity index is 335. The van der Waals surface area contributed by atoms with Gasteiger partial charge in [-0.15, -0.1) is 0 Å². The van der Waals surface area contributed by atoms with E-state index in [1.54, 1.807) is 12.3 Å². The summed E-state index contributed by atoms with van der Waals surface area (Å²) in [5.74, 6) is 0.573.